The second-order valence-corrected chi connectivity index (χ2v) is 12.1. The number of rotatable bonds is 0. The van der Waals surface area contributed by atoms with E-state index in [4.69, 9.17) is 4.74 Å². The van der Waals surface area contributed by atoms with Gasteiger partial charge in [0, 0.05) is 48.5 Å². The highest BCUT2D eigenvalue weighted by atomic mass is 16.5. The molecule has 0 bridgehead atoms. The monoisotopic (exact) mass is 468 g/mol. The van der Waals surface area contributed by atoms with Crippen LogP contribution in [-0.4, -0.2) is 73.8 Å². The normalized spacial score (nSPS) is 44.5. The van der Waals surface area contributed by atoms with E-state index < -0.39 is 29.1 Å². The third kappa shape index (κ3) is 2.92. The van der Waals surface area contributed by atoms with Gasteiger partial charge in [0.15, 0.2) is 0 Å². The molecule has 0 spiro atoms. The van der Waals surface area contributed by atoms with Crippen molar-refractivity contribution in [3.05, 3.63) is 41.4 Å². The zero-order chi connectivity index (χ0) is 24.2. The molecular weight excluding hydrogens is 434 g/mol. The van der Waals surface area contributed by atoms with E-state index in [1.165, 1.54) is 4.90 Å². The van der Waals surface area contributed by atoms with Gasteiger partial charge in [-0.3, -0.25) is 9.59 Å². The van der Waals surface area contributed by atoms with Gasteiger partial charge < -0.3 is 29.9 Å². The molecule has 184 valence electrons. The minimum Gasteiger partial charge on any atom is -0.785 e. The quantitative estimate of drug-likeness (QED) is 0.548. The van der Waals surface area contributed by atoms with Gasteiger partial charge in [-0.15, -0.1) is 0 Å². The Morgan fingerprint density at radius 1 is 1.15 bits per heavy atom. The molecule has 6 rings (SSSR count). The van der Waals surface area contributed by atoms with Crippen LogP contribution in [0.1, 0.15) is 53.4 Å². The fraction of sp³-hybridized carbons (Fsp3) is 0.692. The summed E-state index contributed by atoms with van der Waals surface area (Å²) in [5.41, 5.74) is -2.07. The minimum atomic E-state index is -1.41. The Morgan fingerprint density at radius 3 is 2.68 bits per heavy atom. The van der Waals surface area contributed by atoms with Crippen molar-refractivity contribution in [3.8, 4) is 0 Å². The zero-order valence-corrected chi connectivity index (χ0v) is 20.3. The smallest absolute Gasteiger partial charge is 0.274 e. The van der Waals surface area contributed by atoms with Gasteiger partial charge in [0.25, 0.3) is 5.91 Å². The van der Waals surface area contributed by atoms with Crippen molar-refractivity contribution in [2.45, 2.75) is 88.8 Å². The van der Waals surface area contributed by atoms with E-state index in [-0.39, 0.29) is 41.8 Å². The fourth-order valence-corrected chi connectivity index (χ4v) is 7.66. The molecule has 0 radical (unpaired) electrons. The number of hydrogen-bond donors (Lipinski definition) is 1. The number of amides is 2. The Kier molecular flexibility index (Phi) is 4.64. The van der Waals surface area contributed by atoms with Crippen LogP contribution in [0.5, 0.6) is 0 Å². The second-order valence-electron chi connectivity index (χ2n) is 12.1. The van der Waals surface area contributed by atoms with Gasteiger partial charge in [0.2, 0.25) is 5.91 Å². The molecule has 2 saturated heterocycles. The van der Waals surface area contributed by atoms with E-state index in [1.807, 2.05) is 45.9 Å². The van der Waals surface area contributed by atoms with Crippen LogP contribution in [0, 0.1) is 22.5 Å². The van der Waals surface area contributed by atoms with Crippen LogP contribution in [0.2, 0.25) is 0 Å². The molecule has 5 heterocycles. The molecule has 0 aromatic rings. The van der Waals surface area contributed by atoms with Crippen molar-refractivity contribution in [2.75, 3.05) is 6.54 Å². The highest BCUT2D eigenvalue weighted by Crippen LogP contribution is 2.57. The molecule has 34 heavy (non-hydrogen) atoms. The van der Waals surface area contributed by atoms with E-state index in [0.717, 1.165) is 11.5 Å². The van der Waals surface area contributed by atoms with Crippen molar-refractivity contribution >= 4 is 11.8 Å². The van der Waals surface area contributed by atoms with Crippen molar-refractivity contribution < 1.29 is 19.4 Å². The molecule has 7 unspecified atom stereocenters. The molecule has 3 fully saturated rings. The van der Waals surface area contributed by atoms with Crippen LogP contribution in [0.15, 0.2) is 36.2 Å². The maximum atomic E-state index is 14.0. The van der Waals surface area contributed by atoms with E-state index in [0.29, 0.717) is 25.1 Å². The van der Waals surface area contributed by atoms with E-state index >= 15 is 0 Å². The second kappa shape index (κ2) is 7.03. The summed E-state index contributed by atoms with van der Waals surface area (Å²) >= 11 is 0. The number of hydroxylamine groups is 2. The van der Waals surface area contributed by atoms with Crippen molar-refractivity contribution in [2.24, 2.45) is 17.3 Å². The van der Waals surface area contributed by atoms with Crippen LogP contribution in [0.4, 0.5) is 0 Å². The van der Waals surface area contributed by atoms with Crippen LogP contribution >= 0.6 is 0 Å². The number of carbonyl (C=O) groups is 2. The summed E-state index contributed by atoms with van der Waals surface area (Å²) in [7, 11) is 0. The third-order valence-corrected chi connectivity index (χ3v) is 9.05. The maximum Gasteiger partial charge on any atom is 0.274 e. The molecule has 0 aromatic heterocycles. The van der Waals surface area contributed by atoms with Crippen LogP contribution < -0.4 is 0 Å². The molecule has 2 amide bonds. The lowest BCUT2D eigenvalue weighted by Crippen LogP contribution is -2.63. The van der Waals surface area contributed by atoms with E-state index in [2.05, 4.69) is 6.08 Å². The summed E-state index contributed by atoms with van der Waals surface area (Å²) in [6.45, 7) is 8.40. The molecule has 7 atom stereocenters. The average Bonchev–Trinajstić information content (AvgIpc) is 3.32. The summed E-state index contributed by atoms with van der Waals surface area (Å²) in [4.78, 5) is 29.8. The van der Waals surface area contributed by atoms with Crippen molar-refractivity contribution in [3.63, 3.8) is 0 Å². The lowest BCUT2D eigenvalue weighted by Gasteiger charge is -2.51. The molecule has 1 aliphatic carbocycles. The molecule has 8 nitrogen and oxygen atoms in total. The number of piperazine rings is 1. The minimum absolute atomic E-state index is 0.0626. The standard InChI is InChI=1S/C26H34N3O5/c1-24(2)11-13-28-18(22(31)27-12-5-6-17(27)21(28)30)14-26(32)16-7-8-19-15(9-10-25(3,4)34-19)20(16)29(33)23(24)26/h6,9-11,13,15-16,18-20,23,32H,5,7-8,12,14H2,1-4H3/q-1. The lowest BCUT2D eigenvalue weighted by atomic mass is 9.63. The predicted octanol–water partition coefficient (Wildman–Crippen LogP) is 2.30. The fourth-order valence-electron chi connectivity index (χ4n) is 7.66. The number of fused-ring (bicyclic) bond motifs is 7. The van der Waals surface area contributed by atoms with Crippen LogP contribution in [-0.2, 0) is 14.3 Å². The molecule has 1 saturated carbocycles. The zero-order valence-electron chi connectivity index (χ0n) is 20.3. The Bertz CT molecular complexity index is 1030. The van der Waals surface area contributed by atoms with Gasteiger partial charge in [-0.25, -0.2) is 0 Å². The first-order valence-electron chi connectivity index (χ1n) is 12.5. The number of aliphatic hydroxyl groups is 1. The van der Waals surface area contributed by atoms with Gasteiger partial charge >= 0.3 is 0 Å². The molecule has 0 aromatic carbocycles. The van der Waals surface area contributed by atoms with Crippen molar-refractivity contribution in [1.29, 1.82) is 0 Å². The highest BCUT2D eigenvalue weighted by molar-refractivity contribution is 6.05. The Morgan fingerprint density at radius 2 is 1.91 bits per heavy atom. The van der Waals surface area contributed by atoms with Crippen LogP contribution in [0.3, 0.4) is 0 Å². The Hall–Kier alpha value is -2.00. The summed E-state index contributed by atoms with van der Waals surface area (Å²) in [5.74, 6) is -0.803. The maximum absolute atomic E-state index is 14.0. The van der Waals surface area contributed by atoms with Crippen molar-refractivity contribution in [1.82, 2.24) is 14.9 Å². The molecular formula is C26H34N3O5-. The summed E-state index contributed by atoms with van der Waals surface area (Å²) in [6.07, 6.45) is 11.5. The third-order valence-electron chi connectivity index (χ3n) is 9.05. The first-order chi connectivity index (χ1) is 15.9. The molecule has 5 aliphatic heterocycles. The Balaban J connectivity index is 1.44. The number of carbonyl (C=O) groups excluding carboxylic acids is 2. The van der Waals surface area contributed by atoms with Crippen LogP contribution in [0.25, 0.3) is 0 Å². The summed E-state index contributed by atoms with van der Waals surface area (Å²) in [5, 5.41) is 27.6. The first-order valence-corrected chi connectivity index (χ1v) is 12.5. The van der Waals surface area contributed by atoms with Gasteiger partial charge in [-0.2, -0.15) is 0 Å². The first kappa shape index (κ1) is 22.5. The predicted molar refractivity (Wildman–Crippen MR) is 125 cm³/mol. The number of hydrogen-bond acceptors (Lipinski definition) is 6. The van der Waals surface area contributed by atoms with Gasteiger partial charge in [-0.1, -0.05) is 38.2 Å². The van der Waals surface area contributed by atoms with Gasteiger partial charge in [0.05, 0.1) is 17.3 Å². The van der Waals surface area contributed by atoms with Gasteiger partial charge in [0.1, 0.15) is 11.7 Å². The largest absolute Gasteiger partial charge is 0.785 e. The highest BCUT2D eigenvalue weighted by Gasteiger charge is 2.65. The van der Waals surface area contributed by atoms with Gasteiger partial charge in [-0.05, 0) is 33.1 Å². The van der Waals surface area contributed by atoms with E-state index in [1.54, 1.807) is 11.1 Å². The lowest BCUT2D eigenvalue weighted by molar-refractivity contribution is -0.154. The SMILES string of the molecule is CC1(C)C=CC2C(CCC3C2N([O-])C2C(C)(C)C=CN4C(=O)C5=CCCN5C(=O)C4CC32O)O1. The molecule has 6 aliphatic rings. The Labute approximate surface area is 200 Å². The van der Waals surface area contributed by atoms with E-state index in [9.17, 15) is 19.9 Å². The summed E-state index contributed by atoms with van der Waals surface area (Å²) in [6, 6.07) is -1.98. The molecule has 8 heteroatoms. The molecule has 1 N–H and O–H groups in total. The average molecular weight is 469 g/mol. The number of ether oxygens (including phenoxy) is 1. The number of nitrogens with zero attached hydrogens (tertiary/aromatic N) is 3. The topological polar surface area (TPSA) is 96.4 Å². The summed E-state index contributed by atoms with van der Waals surface area (Å²) < 4.78 is 6.32.